The molecule has 1 aliphatic rings. The van der Waals surface area contributed by atoms with Gasteiger partial charge in [0.2, 0.25) is 5.91 Å². The third-order valence-electron chi connectivity index (χ3n) is 5.30. The van der Waals surface area contributed by atoms with E-state index in [0.29, 0.717) is 28.5 Å². The van der Waals surface area contributed by atoms with Gasteiger partial charge in [-0.3, -0.25) is 9.59 Å². The van der Waals surface area contributed by atoms with Gasteiger partial charge in [-0.25, -0.2) is 0 Å². The van der Waals surface area contributed by atoms with E-state index in [0.717, 1.165) is 18.6 Å². The number of rotatable bonds is 5. The lowest BCUT2D eigenvalue weighted by Gasteiger charge is -2.36. The van der Waals surface area contributed by atoms with Crippen molar-refractivity contribution in [2.75, 3.05) is 37.6 Å². The molecular formula is C22H22Cl2N4O2. The fourth-order valence-corrected chi connectivity index (χ4v) is 4.13. The minimum absolute atomic E-state index is 0.0394. The summed E-state index contributed by atoms with van der Waals surface area (Å²) in [7, 11) is 0. The number of nitrogens with zero attached hydrogens (tertiary/aromatic N) is 2. The number of H-pyrrole nitrogens is 1. The maximum Gasteiger partial charge on any atom is 0.269 e. The fraction of sp³-hybridized carbons (Fsp3) is 0.273. The molecule has 1 aliphatic heterocycles. The van der Waals surface area contributed by atoms with Crippen molar-refractivity contribution < 1.29 is 9.59 Å². The van der Waals surface area contributed by atoms with E-state index in [2.05, 4.69) is 27.3 Å². The first-order valence-electron chi connectivity index (χ1n) is 9.85. The highest BCUT2D eigenvalue weighted by Gasteiger charge is 2.22. The number of anilines is 1. The van der Waals surface area contributed by atoms with E-state index in [1.54, 1.807) is 18.2 Å². The normalized spacial score (nSPS) is 14.2. The molecule has 30 heavy (non-hydrogen) atoms. The summed E-state index contributed by atoms with van der Waals surface area (Å²) in [5.74, 6) is -0.299. The molecule has 0 atom stereocenters. The van der Waals surface area contributed by atoms with Crippen LogP contribution in [-0.2, 0) is 4.79 Å². The maximum atomic E-state index is 12.5. The molecule has 4 rings (SSSR count). The molecule has 1 saturated heterocycles. The zero-order valence-electron chi connectivity index (χ0n) is 16.3. The summed E-state index contributed by atoms with van der Waals surface area (Å²) in [5.41, 5.74) is 2.19. The monoisotopic (exact) mass is 444 g/mol. The van der Waals surface area contributed by atoms with Gasteiger partial charge in [-0.15, -0.1) is 0 Å². The molecule has 0 spiro atoms. The first-order chi connectivity index (χ1) is 14.5. The number of hydrogen-bond acceptors (Lipinski definition) is 3. The van der Waals surface area contributed by atoms with E-state index in [1.165, 1.54) is 5.69 Å². The van der Waals surface area contributed by atoms with E-state index in [-0.39, 0.29) is 30.5 Å². The second-order valence-electron chi connectivity index (χ2n) is 7.21. The van der Waals surface area contributed by atoms with Crippen LogP contribution in [0.4, 0.5) is 5.69 Å². The lowest BCUT2D eigenvalue weighted by Crippen LogP contribution is -2.49. The highest BCUT2D eigenvalue weighted by Crippen LogP contribution is 2.29. The van der Waals surface area contributed by atoms with Crippen LogP contribution < -0.4 is 10.2 Å². The van der Waals surface area contributed by atoms with E-state index in [4.69, 9.17) is 23.2 Å². The van der Waals surface area contributed by atoms with Crippen LogP contribution in [0.2, 0.25) is 10.0 Å². The highest BCUT2D eigenvalue weighted by atomic mass is 35.5. The topological polar surface area (TPSA) is 68.4 Å². The summed E-state index contributed by atoms with van der Waals surface area (Å²) in [6.45, 7) is 3.21. The molecule has 2 heterocycles. The Hall–Kier alpha value is -2.70. The molecule has 2 aromatic carbocycles. The Morgan fingerprint density at radius 3 is 2.47 bits per heavy atom. The molecule has 6 nitrogen and oxygen atoms in total. The van der Waals surface area contributed by atoms with Crippen LogP contribution >= 0.6 is 23.2 Å². The molecule has 1 fully saturated rings. The van der Waals surface area contributed by atoms with Gasteiger partial charge >= 0.3 is 0 Å². The molecule has 0 saturated carbocycles. The Kier molecular flexibility index (Phi) is 6.16. The van der Waals surface area contributed by atoms with Crippen molar-refractivity contribution in [1.82, 2.24) is 15.2 Å². The number of halogens is 2. The largest absolute Gasteiger partial charge is 0.368 e. The molecule has 2 N–H and O–H groups in total. The number of amides is 2. The van der Waals surface area contributed by atoms with Gasteiger partial charge in [0.25, 0.3) is 5.91 Å². The number of para-hydroxylation sites is 1. The SMILES string of the molecule is O=C(NCCC(=O)N1CCN(c2ccccc2)CC1)c1[nH]c2ccc(Cl)cc2c1Cl. The van der Waals surface area contributed by atoms with Crippen molar-refractivity contribution in [3.8, 4) is 0 Å². The van der Waals surface area contributed by atoms with E-state index in [1.807, 2.05) is 23.1 Å². The number of carbonyl (C=O) groups excluding carboxylic acids is 2. The van der Waals surface area contributed by atoms with E-state index < -0.39 is 0 Å². The second-order valence-corrected chi connectivity index (χ2v) is 8.03. The number of benzene rings is 2. The summed E-state index contributed by atoms with van der Waals surface area (Å²) in [6, 6.07) is 15.4. The number of carbonyl (C=O) groups is 2. The molecule has 156 valence electrons. The molecule has 8 heteroatoms. The van der Waals surface area contributed by atoms with Gasteiger partial charge in [0.15, 0.2) is 0 Å². The van der Waals surface area contributed by atoms with Gasteiger partial charge in [0.1, 0.15) is 5.69 Å². The van der Waals surface area contributed by atoms with Crippen LogP contribution in [0.15, 0.2) is 48.5 Å². The summed E-state index contributed by atoms with van der Waals surface area (Å²) in [4.78, 5) is 32.1. The maximum absolute atomic E-state index is 12.5. The number of fused-ring (bicyclic) bond motifs is 1. The Labute approximate surface area is 184 Å². The third kappa shape index (κ3) is 4.40. The zero-order valence-corrected chi connectivity index (χ0v) is 17.8. The second kappa shape index (κ2) is 8.98. The van der Waals surface area contributed by atoms with Crippen molar-refractivity contribution in [2.24, 2.45) is 0 Å². The third-order valence-corrected chi connectivity index (χ3v) is 5.93. The number of aromatic nitrogens is 1. The average molecular weight is 445 g/mol. The number of aromatic amines is 1. The predicted octanol–water partition coefficient (Wildman–Crippen LogP) is 3.94. The van der Waals surface area contributed by atoms with E-state index in [9.17, 15) is 9.59 Å². The summed E-state index contributed by atoms with van der Waals surface area (Å²) in [6.07, 6.45) is 0.251. The lowest BCUT2D eigenvalue weighted by molar-refractivity contribution is -0.131. The molecule has 0 bridgehead atoms. The Morgan fingerprint density at radius 2 is 1.73 bits per heavy atom. The van der Waals surface area contributed by atoms with Crippen molar-refractivity contribution in [2.45, 2.75) is 6.42 Å². The standard InChI is InChI=1S/C22H22Cl2N4O2/c23-15-6-7-18-17(14-15)20(24)21(26-18)22(30)25-9-8-19(29)28-12-10-27(11-13-28)16-4-2-1-3-5-16/h1-7,14,26H,8-13H2,(H,25,30). The number of hydrogen-bond donors (Lipinski definition) is 2. The molecule has 1 aromatic heterocycles. The molecule has 0 aliphatic carbocycles. The molecule has 0 radical (unpaired) electrons. The fourth-order valence-electron chi connectivity index (χ4n) is 3.67. The van der Waals surface area contributed by atoms with Crippen LogP contribution in [0.1, 0.15) is 16.9 Å². The van der Waals surface area contributed by atoms with Gasteiger partial charge in [-0.05, 0) is 30.3 Å². The summed E-state index contributed by atoms with van der Waals surface area (Å²) in [5, 5.41) is 4.35. The molecular weight excluding hydrogens is 423 g/mol. The summed E-state index contributed by atoms with van der Waals surface area (Å²) < 4.78 is 0. The van der Waals surface area contributed by atoms with Gasteiger partial charge in [0.05, 0.1) is 5.02 Å². The predicted molar refractivity (Wildman–Crippen MR) is 121 cm³/mol. The van der Waals surface area contributed by atoms with E-state index >= 15 is 0 Å². The summed E-state index contributed by atoms with van der Waals surface area (Å²) >= 11 is 12.3. The Morgan fingerprint density at radius 1 is 1.00 bits per heavy atom. The molecule has 3 aromatic rings. The van der Waals surface area contributed by atoms with Gasteiger partial charge in [-0.1, -0.05) is 41.4 Å². The zero-order chi connectivity index (χ0) is 21.1. The van der Waals surface area contributed by atoms with Crippen LogP contribution in [-0.4, -0.2) is 54.4 Å². The van der Waals surface area contributed by atoms with Crippen molar-refractivity contribution in [3.63, 3.8) is 0 Å². The minimum Gasteiger partial charge on any atom is -0.368 e. The Bertz CT molecular complexity index is 1060. The lowest BCUT2D eigenvalue weighted by atomic mass is 10.2. The van der Waals surface area contributed by atoms with Crippen LogP contribution in [0.5, 0.6) is 0 Å². The van der Waals surface area contributed by atoms with Gasteiger partial charge < -0.3 is 20.1 Å². The highest BCUT2D eigenvalue weighted by molar-refractivity contribution is 6.39. The average Bonchev–Trinajstić information content (AvgIpc) is 3.10. The molecule has 0 unspecified atom stereocenters. The van der Waals surface area contributed by atoms with Crippen LogP contribution in [0.25, 0.3) is 10.9 Å². The van der Waals surface area contributed by atoms with Gasteiger partial charge in [-0.2, -0.15) is 0 Å². The number of nitrogens with one attached hydrogen (secondary N) is 2. The van der Waals surface area contributed by atoms with Crippen LogP contribution in [0, 0.1) is 0 Å². The van der Waals surface area contributed by atoms with Gasteiger partial charge in [0, 0.05) is 60.8 Å². The first kappa shape index (κ1) is 20.6. The van der Waals surface area contributed by atoms with Crippen molar-refractivity contribution >= 4 is 51.6 Å². The molecule has 2 amide bonds. The number of piperazine rings is 1. The Balaban J connectivity index is 1.27. The van der Waals surface area contributed by atoms with Crippen molar-refractivity contribution in [3.05, 3.63) is 64.3 Å². The minimum atomic E-state index is -0.339. The quantitative estimate of drug-likeness (QED) is 0.625. The van der Waals surface area contributed by atoms with Crippen LogP contribution in [0.3, 0.4) is 0 Å². The smallest absolute Gasteiger partial charge is 0.269 e. The van der Waals surface area contributed by atoms with Crippen molar-refractivity contribution in [1.29, 1.82) is 0 Å². The first-order valence-corrected chi connectivity index (χ1v) is 10.6.